The molecule has 0 aromatic carbocycles. The maximum atomic E-state index is 9.44. The third-order valence-corrected chi connectivity index (χ3v) is 2.75. The van der Waals surface area contributed by atoms with E-state index in [0.29, 0.717) is 6.10 Å². The average Bonchev–Trinajstić information content (AvgIpc) is 2.71. The maximum absolute atomic E-state index is 9.44. The van der Waals surface area contributed by atoms with Crippen LogP contribution in [0.15, 0.2) is 17.5 Å². The second kappa shape index (κ2) is 6.71. The van der Waals surface area contributed by atoms with Crippen molar-refractivity contribution in [3.63, 3.8) is 0 Å². The van der Waals surface area contributed by atoms with Crippen molar-refractivity contribution < 1.29 is 9.53 Å². The van der Waals surface area contributed by atoms with E-state index in [2.05, 4.69) is 22.8 Å². The second-order valence-electron chi connectivity index (χ2n) is 3.49. The van der Waals surface area contributed by atoms with Crippen molar-refractivity contribution in [1.29, 1.82) is 0 Å². The Kier molecular flexibility index (Phi) is 5.53. The predicted octanol–water partition coefficient (Wildman–Crippen LogP) is 2.00. The van der Waals surface area contributed by atoms with E-state index in [1.54, 1.807) is 11.3 Å². The van der Waals surface area contributed by atoms with Gasteiger partial charge in [-0.05, 0) is 25.3 Å². The molecule has 1 saturated heterocycles. The monoisotopic (exact) mass is 227 g/mol. The zero-order chi connectivity index (χ0) is 11.1. The lowest BCUT2D eigenvalue weighted by Crippen LogP contribution is -2.32. The summed E-state index contributed by atoms with van der Waals surface area (Å²) in [6.07, 6.45) is 0.295. The van der Waals surface area contributed by atoms with E-state index in [4.69, 9.17) is 4.74 Å². The van der Waals surface area contributed by atoms with Gasteiger partial charge in [0.1, 0.15) is 11.9 Å². The lowest BCUT2D eigenvalue weighted by atomic mass is 10.2. The SMILES string of the molecule is CC(C)=O.c1csc(C2CNCCO2)c1. The number of thiophene rings is 1. The molecule has 1 unspecified atom stereocenters. The van der Waals surface area contributed by atoms with Crippen LogP contribution in [0.1, 0.15) is 24.8 Å². The van der Waals surface area contributed by atoms with Gasteiger partial charge in [0.15, 0.2) is 0 Å². The molecule has 0 bridgehead atoms. The average molecular weight is 227 g/mol. The van der Waals surface area contributed by atoms with Gasteiger partial charge in [-0.1, -0.05) is 6.07 Å². The Balaban J connectivity index is 0.000000245. The Hall–Kier alpha value is -0.710. The molecule has 0 spiro atoms. The summed E-state index contributed by atoms with van der Waals surface area (Å²) in [7, 11) is 0. The first-order valence-electron chi connectivity index (χ1n) is 5.03. The Labute approximate surface area is 94.5 Å². The highest BCUT2D eigenvalue weighted by molar-refractivity contribution is 7.10. The Morgan fingerprint density at radius 3 is 2.80 bits per heavy atom. The molecule has 0 radical (unpaired) electrons. The molecule has 2 rings (SSSR count). The van der Waals surface area contributed by atoms with Crippen molar-refractivity contribution in [3.8, 4) is 0 Å². The number of ketones is 1. The van der Waals surface area contributed by atoms with Crippen LogP contribution < -0.4 is 5.32 Å². The van der Waals surface area contributed by atoms with Gasteiger partial charge in [0, 0.05) is 18.0 Å². The molecule has 1 atom stereocenters. The highest BCUT2D eigenvalue weighted by Gasteiger charge is 2.15. The largest absolute Gasteiger partial charge is 0.370 e. The van der Waals surface area contributed by atoms with Crippen LogP contribution in [0.3, 0.4) is 0 Å². The van der Waals surface area contributed by atoms with Crippen molar-refractivity contribution in [2.75, 3.05) is 19.7 Å². The fourth-order valence-electron chi connectivity index (χ4n) is 1.22. The summed E-state index contributed by atoms with van der Waals surface area (Å²) in [5.74, 6) is 0.167. The number of carbonyl (C=O) groups excluding carboxylic acids is 1. The summed E-state index contributed by atoms with van der Waals surface area (Å²) in [6, 6.07) is 4.19. The predicted molar refractivity (Wildman–Crippen MR) is 62.2 cm³/mol. The molecule has 0 amide bonds. The first-order valence-corrected chi connectivity index (χ1v) is 5.91. The van der Waals surface area contributed by atoms with Gasteiger partial charge in [-0.3, -0.25) is 0 Å². The molecule has 1 fully saturated rings. The number of morpholine rings is 1. The summed E-state index contributed by atoms with van der Waals surface area (Å²) in [5, 5.41) is 5.40. The van der Waals surface area contributed by atoms with Crippen LogP contribution in [0.2, 0.25) is 0 Å². The number of carbonyl (C=O) groups is 1. The van der Waals surface area contributed by atoms with Crippen molar-refractivity contribution in [3.05, 3.63) is 22.4 Å². The zero-order valence-electron chi connectivity index (χ0n) is 9.16. The summed E-state index contributed by atoms with van der Waals surface area (Å²) >= 11 is 1.76. The molecule has 1 aliphatic heterocycles. The van der Waals surface area contributed by atoms with E-state index in [9.17, 15) is 4.79 Å². The standard InChI is InChI=1S/C8H11NOS.C3H6O/c1-2-8(11-5-1)7-6-9-3-4-10-7;1-3(2)4/h1-2,5,7,9H,3-4,6H2;1-2H3. The topological polar surface area (TPSA) is 38.3 Å². The van der Waals surface area contributed by atoms with E-state index in [0.717, 1.165) is 19.7 Å². The molecular weight excluding hydrogens is 210 g/mol. The van der Waals surface area contributed by atoms with Gasteiger partial charge in [0.2, 0.25) is 0 Å². The highest BCUT2D eigenvalue weighted by atomic mass is 32.1. The van der Waals surface area contributed by atoms with Crippen LogP contribution in [-0.4, -0.2) is 25.5 Å². The Morgan fingerprint density at radius 2 is 2.33 bits per heavy atom. The van der Waals surface area contributed by atoms with E-state index < -0.39 is 0 Å². The van der Waals surface area contributed by atoms with E-state index in [1.807, 2.05) is 0 Å². The molecular formula is C11H17NO2S. The molecule has 1 aromatic rings. The van der Waals surface area contributed by atoms with Gasteiger partial charge in [0.25, 0.3) is 0 Å². The number of ether oxygens (including phenoxy) is 1. The van der Waals surface area contributed by atoms with Crippen LogP contribution in [-0.2, 0) is 9.53 Å². The third kappa shape index (κ3) is 5.06. The van der Waals surface area contributed by atoms with Crippen molar-refractivity contribution in [2.24, 2.45) is 0 Å². The minimum absolute atomic E-state index is 0.167. The smallest absolute Gasteiger partial charge is 0.126 e. The van der Waals surface area contributed by atoms with Gasteiger partial charge in [-0.2, -0.15) is 0 Å². The summed E-state index contributed by atoms with van der Waals surface area (Å²) in [6.45, 7) is 5.84. The maximum Gasteiger partial charge on any atom is 0.126 e. The van der Waals surface area contributed by atoms with Crippen molar-refractivity contribution in [2.45, 2.75) is 20.0 Å². The summed E-state index contributed by atoms with van der Waals surface area (Å²) in [4.78, 5) is 10.8. The number of rotatable bonds is 1. The second-order valence-corrected chi connectivity index (χ2v) is 4.47. The molecule has 3 nitrogen and oxygen atoms in total. The number of Topliss-reactive ketones (excluding diaryl/α,β-unsaturated/α-hetero) is 1. The summed E-state index contributed by atoms with van der Waals surface area (Å²) in [5.41, 5.74) is 0. The van der Waals surface area contributed by atoms with Crippen LogP contribution in [0, 0.1) is 0 Å². The van der Waals surface area contributed by atoms with Gasteiger partial charge in [-0.25, -0.2) is 0 Å². The summed E-state index contributed by atoms with van der Waals surface area (Å²) < 4.78 is 5.57. The molecule has 0 saturated carbocycles. The number of nitrogens with one attached hydrogen (secondary N) is 1. The molecule has 84 valence electrons. The highest BCUT2D eigenvalue weighted by Crippen LogP contribution is 2.22. The molecule has 4 heteroatoms. The van der Waals surface area contributed by atoms with Crippen molar-refractivity contribution >= 4 is 17.1 Å². The lowest BCUT2D eigenvalue weighted by Gasteiger charge is -2.22. The Bertz CT molecular complexity index is 275. The molecule has 2 heterocycles. The molecule has 15 heavy (non-hydrogen) atoms. The Morgan fingerprint density at radius 1 is 1.60 bits per heavy atom. The number of hydrogen-bond donors (Lipinski definition) is 1. The molecule has 1 N–H and O–H groups in total. The lowest BCUT2D eigenvalue weighted by molar-refractivity contribution is -0.114. The third-order valence-electron chi connectivity index (χ3n) is 1.79. The van der Waals surface area contributed by atoms with E-state index in [-0.39, 0.29) is 5.78 Å². The van der Waals surface area contributed by atoms with E-state index >= 15 is 0 Å². The van der Waals surface area contributed by atoms with Gasteiger partial charge >= 0.3 is 0 Å². The van der Waals surface area contributed by atoms with Gasteiger partial charge in [0.05, 0.1) is 6.61 Å². The van der Waals surface area contributed by atoms with Gasteiger partial charge in [-0.15, -0.1) is 11.3 Å². The number of hydrogen-bond acceptors (Lipinski definition) is 4. The molecule has 1 aromatic heterocycles. The minimum Gasteiger partial charge on any atom is -0.370 e. The van der Waals surface area contributed by atoms with Crippen LogP contribution in [0.5, 0.6) is 0 Å². The fourth-order valence-corrected chi connectivity index (χ4v) is 2.00. The first kappa shape index (κ1) is 12.4. The van der Waals surface area contributed by atoms with Crippen LogP contribution in [0.25, 0.3) is 0 Å². The van der Waals surface area contributed by atoms with E-state index in [1.165, 1.54) is 18.7 Å². The first-order chi connectivity index (χ1) is 7.20. The quantitative estimate of drug-likeness (QED) is 0.797. The van der Waals surface area contributed by atoms with Crippen molar-refractivity contribution in [1.82, 2.24) is 5.32 Å². The molecule has 1 aliphatic rings. The normalized spacial score (nSPS) is 20.3. The molecule has 0 aliphatic carbocycles. The fraction of sp³-hybridized carbons (Fsp3) is 0.545. The van der Waals surface area contributed by atoms with Crippen LogP contribution in [0.4, 0.5) is 0 Å². The van der Waals surface area contributed by atoms with Gasteiger partial charge < -0.3 is 14.8 Å². The van der Waals surface area contributed by atoms with Crippen LogP contribution >= 0.6 is 11.3 Å². The zero-order valence-corrected chi connectivity index (χ0v) is 9.97. The minimum atomic E-state index is 0.167.